The number of fused-ring (bicyclic) bond motifs is 1. The fraction of sp³-hybridized carbons (Fsp3) is 0.400. The van der Waals surface area contributed by atoms with Gasteiger partial charge in [0.1, 0.15) is 0 Å². The number of rotatable bonds is 2. The molecule has 2 aromatic rings. The molecule has 0 spiro atoms. The van der Waals surface area contributed by atoms with Gasteiger partial charge in [-0.05, 0) is 50.8 Å². The first-order valence-electron chi connectivity index (χ1n) is 7.86. The average molecular weight is 279 g/mol. The highest BCUT2D eigenvalue weighted by molar-refractivity contribution is 5.43. The Morgan fingerprint density at radius 1 is 1.00 bits per heavy atom. The Labute approximate surface area is 128 Å². The fourth-order valence-electron chi connectivity index (χ4n) is 3.42. The van der Waals surface area contributed by atoms with Crippen LogP contribution in [0.2, 0.25) is 0 Å². The highest BCUT2D eigenvalue weighted by Gasteiger charge is 2.35. The summed E-state index contributed by atoms with van der Waals surface area (Å²) in [6.07, 6.45) is 1.13. The molecule has 0 saturated heterocycles. The van der Waals surface area contributed by atoms with Crippen molar-refractivity contribution in [3.8, 4) is 0 Å². The zero-order valence-electron chi connectivity index (χ0n) is 13.5. The predicted molar refractivity (Wildman–Crippen MR) is 89.7 cm³/mol. The third-order valence-corrected chi connectivity index (χ3v) is 4.29. The Bertz CT molecular complexity index is 622. The molecule has 0 heterocycles. The Morgan fingerprint density at radius 3 is 2.38 bits per heavy atom. The van der Waals surface area contributed by atoms with Crippen molar-refractivity contribution >= 4 is 0 Å². The molecule has 0 radical (unpaired) electrons. The normalized spacial score (nSPS) is 21.3. The van der Waals surface area contributed by atoms with Crippen LogP contribution in [0.5, 0.6) is 0 Å². The molecule has 0 aromatic heterocycles. The molecule has 2 aromatic carbocycles. The van der Waals surface area contributed by atoms with Gasteiger partial charge in [-0.15, -0.1) is 0 Å². The molecule has 0 saturated carbocycles. The van der Waals surface area contributed by atoms with E-state index in [1.54, 1.807) is 0 Å². The lowest BCUT2D eigenvalue weighted by atomic mass is 9.90. The van der Waals surface area contributed by atoms with Gasteiger partial charge in [0.2, 0.25) is 0 Å². The summed E-state index contributed by atoms with van der Waals surface area (Å²) in [5.74, 6) is 0.530. The zero-order valence-corrected chi connectivity index (χ0v) is 13.5. The van der Waals surface area contributed by atoms with E-state index in [0.29, 0.717) is 12.0 Å². The second kappa shape index (κ2) is 5.31. The minimum atomic E-state index is 0.114. The Balaban J connectivity index is 2.02. The van der Waals surface area contributed by atoms with E-state index >= 15 is 0 Å². The molecule has 1 heteroatoms. The Kier molecular flexibility index (Phi) is 3.62. The lowest BCUT2D eigenvalue weighted by molar-refractivity contribution is 0.340. The summed E-state index contributed by atoms with van der Waals surface area (Å²) >= 11 is 0. The quantitative estimate of drug-likeness (QED) is 0.835. The monoisotopic (exact) mass is 279 g/mol. The van der Waals surface area contributed by atoms with E-state index in [0.717, 1.165) is 6.42 Å². The summed E-state index contributed by atoms with van der Waals surface area (Å²) < 4.78 is 0. The van der Waals surface area contributed by atoms with Crippen LogP contribution in [0.15, 0.2) is 48.5 Å². The van der Waals surface area contributed by atoms with Crippen molar-refractivity contribution in [1.29, 1.82) is 0 Å². The van der Waals surface area contributed by atoms with Crippen molar-refractivity contribution in [2.24, 2.45) is 0 Å². The summed E-state index contributed by atoms with van der Waals surface area (Å²) in [6, 6.07) is 18.2. The minimum Gasteiger partial charge on any atom is -0.305 e. The number of hydrogen-bond acceptors (Lipinski definition) is 1. The van der Waals surface area contributed by atoms with E-state index in [4.69, 9.17) is 0 Å². The van der Waals surface area contributed by atoms with Gasteiger partial charge >= 0.3 is 0 Å². The predicted octanol–water partition coefficient (Wildman–Crippen LogP) is 4.76. The fourth-order valence-corrected chi connectivity index (χ4v) is 3.42. The van der Waals surface area contributed by atoms with E-state index in [-0.39, 0.29) is 5.54 Å². The van der Waals surface area contributed by atoms with Crippen molar-refractivity contribution in [1.82, 2.24) is 5.32 Å². The van der Waals surface area contributed by atoms with E-state index in [1.807, 2.05) is 0 Å². The van der Waals surface area contributed by atoms with Gasteiger partial charge in [-0.25, -0.2) is 0 Å². The van der Waals surface area contributed by atoms with E-state index in [1.165, 1.54) is 22.3 Å². The number of hydrogen-bond donors (Lipinski definition) is 1. The largest absolute Gasteiger partial charge is 0.305 e. The lowest BCUT2D eigenvalue weighted by Gasteiger charge is -2.31. The van der Waals surface area contributed by atoms with Gasteiger partial charge in [0.15, 0.2) is 0 Å². The maximum atomic E-state index is 3.85. The van der Waals surface area contributed by atoms with Crippen molar-refractivity contribution in [2.45, 2.75) is 51.6 Å². The molecule has 2 atom stereocenters. The van der Waals surface area contributed by atoms with Crippen LogP contribution in [0.25, 0.3) is 0 Å². The first kappa shape index (κ1) is 14.3. The molecular weight excluding hydrogens is 254 g/mol. The SMILES string of the molecule is Cc1ccc2c(c1)[C@@H](NC(C)(C)C)[C@H](c1ccccc1)C2. The van der Waals surface area contributed by atoms with Gasteiger partial charge in [-0.1, -0.05) is 54.1 Å². The molecule has 21 heavy (non-hydrogen) atoms. The number of benzene rings is 2. The first-order chi connectivity index (χ1) is 9.94. The standard InChI is InChI=1S/C20H25N/c1-14-10-11-16-13-18(15-8-6-5-7-9-15)19(17(16)12-14)21-20(2,3)4/h5-12,18-19,21H,13H2,1-4H3/t18-,19+/m0/s1. The first-order valence-corrected chi connectivity index (χ1v) is 7.86. The van der Waals surface area contributed by atoms with Crippen LogP contribution in [-0.4, -0.2) is 5.54 Å². The summed E-state index contributed by atoms with van der Waals surface area (Å²) in [6.45, 7) is 8.94. The maximum Gasteiger partial charge on any atom is 0.0399 e. The van der Waals surface area contributed by atoms with Crippen LogP contribution in [0.3, 0.4) is 0 Å². The van der Waals surface area contributed by atoms with Crippen molar-refractivity contribution in [2.75, 3.05) is 0 Å². The summed E-state index contributed by atoms with van der Waals surface area (Å²) in [4.78, 5) is 0. The highest BCUT2D eigenvalue weighted by Crippen LogP contribution is 2.43. The molecule has 0 bridgehead atoms. The van der Waals surface area contributed by atoms with Crippen LogP contribution in [0.4, 0.5) is 0 Å². The molecule has 110 valence electrons. The lowest BCUT2D eigenvalue weighted by Crippen LogP contribution is -2.40. The van der Waals surface area contributed by atoms with Crippen LogP contribution in [-0.2, 0) is 6.42 Å². The van der Waals surface area contributed by atoms with Crippen LogP contribution in [0.1, 0.15) is 55.0 Å². The van der Waals surface area contributed by atoms with Gasteiger partial charge in [0, 0.05) is 17.5 Å². The zero-order chi connectivity index (χ0) is 15.0. The average Bonchev–Trinajstić information content (AvgIpc) is 2.76. The van der Waals surface area contributed by atoms with Crippen LogP contribution >= 0.6 is 0 Å². The summed E-state index contributed by atoms with van der Waals surface area (Å²) in [5.41, 5.74) is 5.88. The summed E-state index contributed by atoms with van der Waals surface area (Å²) in [5, 5.41) is 3.85. The van der Waals surface area contributed by atoms with Crippen molar-refractivity contribution < 1.29 is 0 Å². The highest BCUT2D eigenvalue weighted by atomic mass is 15.0. The minimum absolute atomic E-state index is 0.114. The molecule has 0 fully saturated rings. The van der Waals surface area contributed by atoms with E-state index in [9.17, 15) is 0 Å². The Hall–Kier alpha value is -1.60. The molecule has 1 nitrogen and oxygen atoms in total. The van der Waals surface area contributed by atoms with Gasteiger partial charge in [-0.3, -0.25) is 0 Å². The van der Waals surface area contributed by atoms with Crippen LogP contribution < -0.4 is 5.32 Å². The maximum absolute atomic E-state index is 3.85. The van der Waals surface area contributed by atoms with Gasteiger partial charge in [0.05, 0.1) is 0 Å². The molecule has 0 unspecified atom stereocenters. The van der Waals surface area contributed by atoms with Gasteiger partial charge in [-0.2, -0.15) is 0 Å². The molecule has 0 aliphatic heterocycles. The molecular formula is C20H25N. The summed E-state index contributed by atoms with van der Waals surface area (Å²) in [7, 11) is 0. The molecule has 1 aliphatic carbocycles. The molecule has 1 N–H and O–H groups in total. The third-order valence-electron chi connectivity index (χ3n) is 4.29. The van der Waals surface area contributed by atoms with Crippen molar-refractivity contribution in [3.63, 3.8) is 0 Å². The molecule has 0 amide bonds. The number of nitrogens with one attached hydrogen (secondary N) is 1. The van der Waals surface area contributed by atoms with E-state index < -0.39 is 0 Å². The van der Waals surface area contributed by atoms with Gasteiger partial charge < -0.3 is 5.32 Å². The Morgan fingerprint density at radius 2 is 1.71 bits per heavy atom. The smallest absolute Gasteiger partial charge is 0.0399 e. The molecule has 3 rings (SSSR count). The number of aryl methyl sites for hydroxylation is 1. The van der Waals surface area contributed by atoms with Crippen molar-refractivity contribution in [3.05, 3.63) is 70.8 Å². The molecule has 1 aliphatic rings. The second-order valence-corrected chi connectivity index (χ2v) is 7.30. The van der Waals surface area contributed by atoms with Crippen LogP contribution in [0, 0.1) is 6.92 Å². The topological polar surface area (TPSA) is 12.0 Å². The van der Waals surface area contributed by atoms with E-state index in [2.05, 4.69) is 81.5 Å². The van der Waals surface area contributed by atoms with Gasteiger partial charge in [0.25, 0.3) is 0 Å². The third kappa shape index (κ3) is 3.03. The second-order valence-electron chi connectivity index (χ2n) is 7.30.